The van der Waals surface area contributed by atoms with E-state index in [0.29, 0.717) is 24.8 Å². The van der Waals surface area contributed by atoms with Crippen LogP contribution in [0.15, 0.2) is 47.3 Å². The van der Waals surface area contributed by atoms with E-state index >= 15 is 0 Å². The number of aromatic nitrogens is 3. The number of nitrogens with zero attached hydrogens (tertiary/aromatic N) is 4. The molecule has 3 aromatic rings. The van der Waals surface area contributed by atoms with Crippen LogP contribution in [0.4, 0.5) is 8.78 Å². The number of amides is 2. The van der Waals surface area contributed by atoms with Gasteiger partial charge >= 0.3 is 5.91 Å². The Morgan fingerprint density at radius 3 is 2.55 bits per heavy atom. The Morgan fingerprint density at radius 2 is 1.87 bits per heavy atom. The molecule has 0 bridgehead atoms. The highest BCUT2D eigenvalue weighted by Gasteiger charge is 2.50. The second-order valence-electron chi connectivity index (χ2n) is 10.4. The van der Waals surface area contributed by atoms with Gasteiger partial charge in [-0.05, 0) is 50.3 Å². The molecule has 0 spiro atoms. The number of nitrogens with one attached hydrogen (secondary N) is 2. The van der Waals surface area contributed by atoms with Crippen LogP contribution in [0.2, 0.25) is 0 Å². The molecule has 0 unspecified atom stereocenters. The Kier molecular flexibility index (Phi) is 6.38. The van der Waals surface area contributed by atoms with Crippen molar-refractivity contribution in [3.05, 3.63) is 66.2 Å². The molecule has 3 fully saturated rings. The lowest BCUT2D eigenvalue weighted by molar-refractivity contribution is -0.129. The van der Waals surface area contributed by atoms with E-state index in [-0.39, 0.29) is 23.1 Å². The number of carbonyl (C=O) groups excluding carboxylic acids is 2. The highest BCUT2D eigenvalue weighted by molar-refractivity contribution is 5.91. The van der Waals surface area contributed by atoms with Gasteiger partial charge in [0.25, 0.3) is 5.89 Å². The molecule has 2 amide bonds. The summed E-state index contributed by atoms with van der Waals surface area (Å²) in [6.45, 7) is 1.30. The van der Waals surface area contributed by atoms with E-state index in [1.165, 1.54) is 18.7 Å². The fraction of sp³-hybridized carbons (Fsp3) is 0.444. The molecule has 3 heterocycles. The predicted molar refractivity (Wildman–Crippen MR) is 132 cm³/mol. The summed E-state index contributed by atoms with van der Waals surface area (Å²) >= 11 is 0. The van der Waals surface area contributed by atoms with Crippen LogP contribution in [-0.4, -0.2) is 56.8 Å². The number of hydrogen-bond donors (Lipinski definition) is 2. The van der Waals surface area contributed by atoms with Crippen molar-refractivity contribution in [2.75, 3.05) is 13.1 Å². The molecule has 3 aliphatic rings. The van der Waals surface area contributed by atoms with Crippen molar-refractivity contribution in [1.82, 2.24) is 30.5 Å². The first-order valence-electron chi connectivity index (χ1n) is 13.0. The van der Waals surface area contributed by atoms with Crippen molar-refractivity contribution in [2.24, 2.45) is 5.92 Å². The Labute approximate surface area is 218 Å². The van der Waals surface area contributed by atoms with Crippen LogP contribution in [0.25, 0.3) is 11.3 Å². The first kappa shape index (κ1) is 24.6. The molecule has 11 heteroatoms. The molecule has 2 saturated carbocycles. The van der Waals surface area contributed by atoms with Crippen LogP contribution in [-0.2, 0) is 10.3 Å². The molecule has 1 saturated heterocycles. The molecule has 0 radical (unpaired) electrons. The monoisotopic (exact) mass is 522 g/mol. The van der Waals surface area contributed by atoms with Crippen LogP contribution in [0.1, 0.15) is 55.0 Å². The number of carbonyl (C=O) groups is 2. The summed E-state index contributed by atoms with van der Waals surface area (Å²) in [4.78, 5) is 41.7. The number of benzene rings is 1. The summed E-state index contributed by atoms with van der Waals surface area (Å²) in [5.41, 5.74) is -0.565. The van der Waals surface area contributed by atoms with Gasteiger partial charge in [-0.2, -0.15) is 0 Å². The van der Waals surface area contributed by atoms with E-state index in [2.05, 4.69) is 30.5 Å². The van der Waals surface area contributed by atoms with Crippen molar-refractivity contribution in [1.29, 1.82) is 0 Å². The Balaban J connectivity index is 1.18. The number of oxazole rings is 1. The second-order valence-corrected chi connectivity index (χ2v) is 10.4. The summed E-state index contributed by atoms with van der Waals surface area (Å²) in [6.07, 6.45) is 10.1. The van der Waals surface area contributed by atoms with Gasteiger partial charge in [-0.1, -0.05) is 6.42 Å². The molecule has 2 N–H and O–H groups in total. The van der Waals surface area contributed by atoms with Crippen molar-refractivity contribution < 1.29 is 22.8 Å². The Morgan fingerprint density at radius 1 is 1.08 bits per heavy atom. The fourth-order valence-electron chi connectivity index (χ4n) is 5.33. The first-order chi connectivity index (χ1) is 18.4. The van der Waals surface area contributed by atoms with Gasteiger partial charge in [0.05, 0.1) is 23.2 Å². The van der Waals surface area contributed by atoms with Gasteiger partial charge in [0.2, 0.25) is 5.91 Å². The van der Waals surface area contributed by atoms with Gasteiger partial charge in [-0.15, -0.1) is 0 Å². The van der Waals surface area contributed by atoms with Crippen molar-refractivity contribution >= 4 is 11.8 Å². The zero-order valence-electron chi connectivity index (χ0n) is 20.7. The van der Waals surface area contributed by atoms with Gasteiger partial charge in [-0.3, -0.25) is 14.5 Å². The standard InChI is InChI=1S/C27H28F2N6O3/c28-16-5-6-18(20(29)13-16)22-14-32-25(38-22)24(37)33-21-7-12-35(17-3-1-4-17)15-19(21)23(36)34-27(8-9-27)26-30-10-2-11-31-26/h2,5-6,10-11,13-14,17,19,21H,1,3-4,7-9,12,15H2,(H,33,37)(H,34,36)/t19-,21-/m0/s1. The molecule has 2 aliphatic carbocycles. The van der Waals surface area contributed by atoms with Crippen molar-refractivity contribution in [3.8, 4) is 11.3 Å². The lowest BCUT2D eigenvalue weighted by Crippen LogP contribution is -2.59. The van der Waals surface area contributed by atoms with Crippen LogP contribution < -0.4 is 10.6 Å². The normalized spacial score (nSPS) is 22.9. The third-order valence-electron chi connectivity index (χ3n) is 7.89. The van der Waals surface area contributed by atoms with Crippen LogP contribution in [0, 0.1) is 17.6 Å². The number of piperidine rings is 1. The number of halogens is 2. The van der Waals surface area contributed by atoms with Crippen molar-refractivity contribution in [2.45, 2.75) is 56.1 Å². The van der Waals surface area contributed by atoms with E-state index in [4.69, 9.17) is 4.42 Å². The minimum absolute atomic E-state index is 0.00173. The zero-order chi connectivity index (χ0) is 26.3. The minimum atomic E-state index is -0.815. The maximum absolute atomic E-state index is 14.2. The Bertz CT molecular complexity index is 1340. The molecular weight excluding hydrogens is 494 g/mol. The number of likely N-dealkylation sites (tertiary alicyclic amines) is 1. The molecule has 1 aromatic carbocycles. The zero-order valence-corrected chi connectivity index (χ0v) is 20.7. The lowest BCUT2D eigenvalue weighted by Gasteiger charge is -2.45. The van der Waals surface area contributed by atoms with Gasteiger partial charge < -0.3 is 15.1 Å². The number of hydrogen-bond acceptors (Lipinski definition) is 7. The fourth-order valence-corrected chi connectivity index (χ4v) is 5.33. The molecule has 1 aliphatic heterocycles. The maximum Gasteiger partial charge on any atom is 0.307 e. The molecular formula is C27H28F2N6O3. The van der Waals surface area contributed by atoms with E-state index in [0.717, 1.165) is 44.4 Å². The third kappa shape index (κ3) is 4.78. The highest BCUT2D eigenvalue weighted by atomic mass is 19.1. The summed E-state index contributed by atoms with van der Waals surface area (Å²) < 4.78 is 33.0. The van der Waals surface area contributed by atoms with Crippen LogP contribution in [0.5, 0.6) is 0 Å². The molecule has 38 heavy (non-hydrogen) atoms. The lowest BCUT2D eigenvalue weighted by atomic mass is 9.85. The summed E-state index contributed by atoms with van der Waals surface area (Å²) in [5.74, 6) is -2.39. The van der Waals surface area contributed by atoms with E-state index in [9.17, 15) is 18.4 Å². The van der Waals surface area contributed by atoms with Crippen molar-refractivity contribution in [3.63, 3.8) is 0 Å². The summed E-state index contributed by atoms with van der Waals surface area (Å²) in [7, 11) is 0. The summed E-state index contributed by atoms with van der Waals surface area (Å²) in [6, 6.07) is 4.84. The average Bonchev–Trinajstić information content (AvgIpc) is 3.49. The predicted octanol–water partition coefficient (Wildman–Crippen LogP) is 3.19. The average molecular weight is 523 g/mol. The molecule has 6 rings (SSSR count). The molecule has 2 atom stereocenters. The molecule has 2 aromatic heterocycles. The Hall–Kier alpha value is -3.73. The highest BCUT2D eigenvalue weighted by Crippen LogP contribution is 2.44. The first-order valence-corrected chi connectivity index (χ1v) is 13.0. The van der Waals surface area contributed by atoms with Gasteiger partial charge in [0.1, 0.15) is 11.6 Å². The third-order valence-corrected chi connectivity index (χ3v) is 7.89. The maximum atomic E-state index is 14.2. The van der Waals surface area contributed by atoms with E-state index in [1.54, 1.807) is 18.5 Å². The van der Waals surface area contributed by atoms with E-state index in [1.807, 2.05) is 0 Å². The molecule has 9 nitrogen and oxygen atoms in total. The van der Waals surface area contributed by atoms with E-state index < -0.39 is 35.0 Å². The summed E-state index contributed by atoms with van der Waals surface area (Å²) in [5, 5.41) is 6.10. The topological polar surface area (TPSA) is 113 Å². The second kappa shape index (κ2) is 9.86. The van der Waals surface area contributed by atoms with Gasteiger partial charge in [0.15, 0.2) is 11.6 Å². The van der Waals surface area contributed by atoms with Gasteiger partial charge in [0, 0.05) is 43.6 Å². The van der Waals surface area contributed by atoms with Crippen LogP contribution >= 0.6 is 0 Å². The quantitative estimate of drug-likeness (QED) is 0.490. The molecule has 198 valence electrons. The van der Waals surface area contributed by atoms with Gasteiger partial charge in [-0.25, -0.2) is 23.7 Å². The smallest absolute Gasteiger partial charge is 0.307 e. The largest absolute Gasteiger partial charge is 0.432 e. The SMILES string of the molecule is O=C(N[C@H]1CCN(C2CCC2)C[C@@H]1C(=O)NC1(c2ncccn2)CC1)c1ncc(-c2ccc(F)cc2F)o1. The minimum Gasteiger partial charge on any atom is -0.432 e. The van der Waals surface area contributed by atoms with Crippen LogP contribution in [0.3, 0.4) is 0 Å². The number of rotatable bonds is 7.